The third-order valence-electron chi connectivity index (χ3n) is 10.3. The van der Waals surface area contributed by atoms with E-state index in [2.05, 4.69) is 23.6 Å². The first-order valence-corrected chi connectivity index (χ1v) is 21.8. The van der Waals surface area contributed by atoms with Crippen LogP contribution < -0.4 is 11.5 Å². The molecule has 0 bridgehead atoms. The highest BCUT2D eigenvalue weighted by Crippen LogP contribution is 2.15. The Morgan fingerprint density at radius 3 is 0.875 bits per heavy atom. The molecule has 0 radical (unpaired) electrons. The van der Waals surface area contributed by atoms with Crippen molar-refractivity contribution in [1.82, 2.24) is 9.80 Å². The van der Waals surface area contributed by atoms with Crippen LogP contribution in [0, 0.1) is 0 Å². The number of aliphatic hydroxyl groups is 2. The van der Waals surface area contributed by atoms with Crippen molar-refractivity contribution in [2.75, 3.05) is 52.4 Å². The van der Waals surface area contributed by atoms with Gasteiger partial charge in [-0.2, -0.15) is 0 Å². The Labute approximate surface area is 301 Å². The highest BCUT2D eigenvalue weighted by atomic mass is 16.3. The normalized spacial score (nSPS) is 13.2. The molecule has 0 aliphatic rings. The van der Waals surface area contributed by atoms with Gasteiger partial charge in [0.25, 0.3) is 0 Å². The predicted molar refractivity (Wildman–Crippen MR) is 213 cm³/mol. The lowest BCUT2D eigenvalue weighted by Gasteiger charge is -2.27. The first-order valence-electron chi connectivity index (χ1n) is 21.8. The number of nitrogens with two attached hydrogens (primary N) is 2. The Bertz CT molecular complexity index is 546. The minimum absolute atomic E-state index is 0.234. The molecule has 6 N–H and O–H groups in total. The zero-order chi connectivity index (χ0) is 35.2. The lowest BCUT2D eigenvalue weighted by molar-refractivity contribution is 0.0939. The molecule has 2 atom stereocenters. The van der Waals surface area contributed by atoms with E-state index >= 15 is 0 Å². The second-order valence-electron chi connectivity index (χ2n) is 15.3. The van der Waals surface area contributed by atoms with Gasteiger partial charge in [-0.25, -0.2) is 0 Å². The minimum atomic E-state index is -0.234. The summed E-state index contributed by atoms with van der Waals surface area (Å²) in [6.07, 6.45) is 38.0. The van der Waals surface area contributed by atoms with Crippen LogP contribution in [0.25, 0.3) is 0 Å². The average Bonchev–Trinajstić information content (AvgIpc) is 3.08. The van der Waals surface area contributed by atoms with Gasteiger partial charge in [-0.3, -0.25) is 0 Å². The highest BCUT2D eigenvalue weighted by Gasteiger charge is 2.14. The number of nitrogens with zero attached hydrogens (tertiary/aromatic N) is 2. The lowest BCUT2D eigenvalue weighted by atomic mass is 10.0. The fourth-order valence-corrected chi connectivity index (χ4v) is 7.11. The number of aliphatic hydroxyl groups excluding tert-OH is 2. The van der Waals surface area contributed by atoms with Crippen molar-refractivity contribution < 1.29 is 10.2 Å². The molecule has 0 aromatic heterocycles. The molecule has 0 rings (SSSR count). The van der Waals surface area contributed by atoms with Crippen LogP contribution in [-0.2, 0) is 0 Å². The summed E-state index contributed by atoms with van der Waals surface area (Å²) >= 11 is 0. The fourth-order valence-electron chi connectivity index (χ4n) is 7.11. The second kappa shape index (κ2) is 39.5. The van der Waals surface area contributed by atoms with Crippen LogP contribution in [0.3, 0.4) is 0 Å². The summed E-state index contributed by atoms with van der Waals surface area (Å²) in [7, 11) is 0. The molecule has 0 spiro atoms. The van der Waals surface area contributed by atoms with Crippen molar-refractivity contribution in [3.8, 4) is 0 Å². The van der Waals surface area contributed by atoms with Crippen LogP contribution in [-0.4, -0.2) is 84.6 Å². The zero-order valence-corrected chi connectivity index (χ0v) is 33.0. The molecule has 0 saturated carbocycles. The van der Waals surface area contributed by atoms with Crippen molar-refractivity contribution in [3.63, 3.8) is 0 Å². The van der Waals surface area contributed by atoms with Gasteiger partial charge in [0.05, 0.1) is 12.2 Å². The lowest BCUT2D eigenvalue weighted by Crippen LogP contribution is -2.36. The zero-order valence-electron chi connectivity index (χ0n) is 33.0. The Hall–Kier alpha value is -0.240. The second-order valence-corrected chi connectivity index (χ2v) is 15.3. The first kappa shape index (κ1) is 47.8. The number of hydrogen-bond acceptors (Lipinski definition) is 6. The van der Waals surface area contributed by atoms with Gasteiger partial charge in [0.2, 0.25) is 0 Å². The maximum absolute atomic E-state index is 10.8. The van der Waals surface area contributed by atoms with Crippen LogP contribution >= 0.6 is 0 Å². The minimum Gasteiger partial charge on any atom is -0.392 e. The molecular formula is C42H90N4O2. The maximum Gasteiger partial charge on any atom is 0.0667 e. The van der Waals surface area contributed by atoms with Crippen molar-refractivity contribution in [1.29, 1.82) is 0 Å². The molecule has 0 saturated heterocycles. The standard InChI is InChI=1S/C42H90N4O2/c1-3-5-7-9-11-13-15-17-19-21-23-25-31-41(47)39-45(37-29-33-43)35-27-28-36-46(38-30-34-44)40-42(48)32-26-24-22-20-18-16-14-12-10-8-6-4-2/h41-42,47-48H,3-40,43-44H2,1-2H3. The van der Waals surface area contributed by atoms with Gasteiger partial charge in [-0.15, -0.1) is 0 Å². The number of hydrogen-bond donors (Lipinski definition) is 4. The monoisotopic (exact) mass is 683 g/mol. The van der Waals surface area contributed by atoms with Gasteiger partial charge in [0.1, 0.15) is 0 Å². The van der Waals surface area contributed by atoms with Crippen LogP contribution in [0.2, 0.25) is 0 Å². The average molecular weight is 683 g/mol. The molecule has 0 aromatic rings. The van der Waals surface area contributed by atoms with Gasteiger partial charge in [-0.05, 0) is 77.8 Å². The van der Waals surface area contributed by atoms with Crippen LogP contribution in [0.15, 0.2) is 0 Å². The summed E-state index contributed by atoms with van der Waals surface area (Å²) in [5.74, 6) is 0. The highest BCUT2D eigenvalue weighted by molar-refractivity contribution is 4.69. The van der Waals surface area contributed by atoms with E-state index < -0.39 is 0 Å². The van der Waals surface area contributed by atoms with Crippen molar-refractivity contribution in [2.45, 2.75) is 219 Å². The van der Waals surface area contributed by atoms with E-state index in [-0.39, 0.29) is 12.2 Å². The number of unbranched alkanes of at least 4 members (excludes halogenated alkanes) is 23. The number of rotatable bonds is 41. The van der Waals surface area contributed by atoms with Gasteiger partial charge >= 0.3 is 0 Å². The molecule has 6 nitrogen and oxygen atoms in total. The summed E-state index contributed by atoms with van der Waals surface area (Å²) in [4.78, 5) is 4.87. The van der Waals surface area contributed by atoms with Gasteiger partial charge < -0.3 is 31.5 Å². The van der Waals surface area contributed by atoms with E-state index in [4.69, 9.17) is 11.5 Å². The van der Waals surface area contributed by atoms with Gasteiger partial charge in [-0.1, -0.05) is 168 Å². The Kier molecular flexibility index (Phi) is 39.3. The molecule has 48 heavy (non-hydrogen) atoms. The van der Waals surface area contributed by atoms with Gasteiger partial charge in [0, 0.05) is 13.1 Å². The first-order chi connectivity index (χ1) is 23.6. The van der Waals surface area contributed by atoms with Crippen LogP contribution in [0.4, 0.5) is 0 Å². The largest absolute Gasteiger partial charge is 0.392 e. The van der Waals surface area contributed by atoms with Crippen molar-refractivity contribution in [3.05, 3.63) is 0 Å². The van der Waals surface area contributed by atoms with E-state index in [1.165, 1.54) is 141 Å². The molecule has 0 aromatic carbocycles. The van der Waals surface area contributed by atoms with E-state index in [1.54, 1.807) is 0 Å². The Morgan fingerprint density at radius 1 is 0.354 bits per heavy atom. The Morgan fingerprint density at radius 2 is 0.604 bits per heavy atom. The van der Waals surface area contributed by atoms with Crippen molar-refractivity contribution >= 4 is 0 Å². The van der Waals surface area contributed by atoms with E-state index in [0.29, 0.717) is 13.1 Å². The molecule has 0 aliphatic heterocycles. The van der Waals surface area contributed by atoms with E-state index in [9.17, 15) is 10.2 Å². The summed E-state index contributed by atoms with van der Waals surface area (Å²) in [5.41, 5.74) is 11.7. The summed E-state index contributed by atoms with van der Waals surface area (Å²) in [6, 6.07) is 0. The molecule has 2 unspecified atom stereocenters. The van der Waals surface area contributed by atoms with Crippen LogP contribution in [0.1, 0.15) is 206 Å². The van der Waals surface area contributed by atoms with Gasteiger partial charge in [0.15, 0.2) is 0 Å². The molecular weight excluding hydrogens is 592 g/mol. The topological polar surface area (TPSA) is 99.0 Å². The molecule has 0 fully saturated rings. The Balaban J connectivity index is 4.08. The third kappa shape index (κ3) is 35.6. The maximum atomic E-state index is 10.8. The smallest absolute Gasteiger partial charge is 0.0667 e. The molecule has 0 amide bonds. The fraction of sp³-hybridized carbons (Fsp3) is 1.00. The molecule has 6 heteroatoms. The SMILES string of the molecule is CCCCCCCCCCCCCCC(O)CN(CCCN)CCCCN(CCCN)CC(O)CCCCCCCCCCCCCC. The summed E-state index contributed by atoms with van der Waals surface area (Å²) in [6.45, 7) is 11.5. The third-order valence-corrected chi connectivity index (χ3v) is 10.3. The predicted octanol–water partition coefficient (Wildman–Crippen LogP) is 9.97. The van der Waals surface area contributed by atoms with E-state index in [1.807, 2.05) is 0 Å². The van der Waals surface area contributed by atoms with E-state index in [0.717, 1.165) is 90.6 Å². The quantitative estimate of drug-likeness (QED) is 0.0479. The molecule has 0 heterocycles. The summed E-state index contributed by atoms with van der Waals surface area (Å²) < 4.78 is 0. The molecule has 0 aliphatic carbocycles. The van der Waals surface area contributed by atoms with Crippen molar-refractivity contribution in [2.24, 2.45) is 11.5 Å². The molecule has 290 valence electrons. The van der Waals surface area contributed by atoms with Crippen LogP contribution in [0.5, 0.6) is 0 Å². The summed E-state index contributed by atoms with van der Waals surface area (Å²) in [5, 5.41) is 21.6.